The molecular formula is C18H22N8. The Bertz CT molecular complexity index is 909. The van der Waals surface area contributed by atoms with Crippen LogP contribution in [0.3, 0.4) is 0 Å². The van der Waals surface area contributed by atoms with E-state index in [9.17, 15) is 0 Å². The predicted molar refractivity (Wildman–Crippen MR) is 105 cm³/mol. The van der Waals surface area contributed by atoms with Crippen LogP contribution >= 0.6 is 0 Å². The van der Waals surface area contributed by atoms with Crippen molar-refractivity contribution in [1.82, 2.24) is 19.9 Å². The highest BCUT2D eigenvalue weighted by Crippen LogP contribution is 2.25. The first-order chi connectivity index (χ1) is 12.5. The van der Waals surface area contributed by atoms with Gasteiger partial charge in [-0.15, -0.1) is 0 Å². The number of nitrogens with one attached hydrogen (secondary N) is 2. The molecule has 0 amide bonds. The number of nitrogen functional groups attached to an aromatic ring is 2. The minimum absolute atomic E-state index is 0.238. The highest BCUT2D eigenvalue weighted by Gasteiger charge is 2.08. The highest BCUT2D eigenvalue weighted by atomic mass is 15.1. The molecular weight excluding hydrogens is 328 g/mol. The van der Waals surface area contributed by atoms with Gasteiger partial charge in [-0.3, -0.25) is 0 Å². The van der Waals surface area contributed by atoms with Crippen LogP contribution in [0.15, 0.2) is 36.5 Å². The monoisotopic (exact) mass is 350 g/mol. The minimum Gasteiger partial charge on any atom is -0.368 e. The quantitative estimate of drug-likeness (QED) is 0.498. The maximum Gasteiger partial charge on any atom is 0.222 e. The minimum atomic E-state index is 0.238. The average Bonchev–Trinajstić information content (AvgIpc) is 2.61. The number of hydrogen-bond donors (Lipinski definition) is 4. The maximum atomic E-state index is 5.89. The van der Waals surface area contributed by atoms with Crippen LogP contribution in [0.1, 0.15) is 11.1 Å². The zero-order chi connectivity index (χ0) is 18.5. The molecule has 26 heavy (non-hydrogen) atoms. The fraction of sp³-hybridized carbons (Fsp3) is 0.222. The number of benzene rings is 1. The van der Waals surface area contributed by atoms with E-state index in [1.165, 1.54) is 11.1 Å². The van der Waals surface area contributed by atoms with Crippen molar-refractivity contribution in [2.75, 3.05) is 35.2 Å². The van der Waals surface area contributed by atoms with E-state index in [1.54, 1.807) is 12.3 Å². The van der Waals surface area contributed by atoms with Gasteiger partial charge in [0.1, 0.15) is 11.6 Å². The Labute approximate surface area is 152 Å². The SMILES string of the molecule is Cc1cccc(-c2cc(NCCNc3ccnc(N)n3)nc(N)n2)c1C. The van der Waals surface area contributed by atoms with Gasteiger partial charge in [-0.1, -0.05) is 18.2 Å². The molecule has 0 atom stereocenters. The van der Waals surface area contributed by atoms with Crippen molar-refractivity contribution >= 4 is 23.5 Å². The molecule has 1 aromatic carbocycles. The van der Waals surface area contributed by atoms with E-state index in [0.29, 0.717) is 24.7 Å². The van der Waals surface area contributed by atoms with Gasteiger partial charge in [0.05, 0.1) is 5.69 Å². The van der Waals surface area contributed by atoms with Gasteiger partial charge in [0.25, 0.3) is 0 Å². The van der Waals surface area contributed by atoms with Crippen molar-refractivity contribution in [1.29, 1.82) is 0 Å². The Morgan fingerprint density at radius 2 is 1.62 bits per heavy atom. The van der Waals surface area contributed by atoms with E-state index in [1.807, 2.05) is 18.2 Å². The van der Waals surface area contributed by atoms with Crippen LogP contribution in [0.5, 0.6) is 0 Å². The molecule has 0 saturated carbocycles. The van der Waals surface area contributed by atoms with Crippen molar-refractivity contribution in [3.8, 4) is 11.3 Å². The molecule has 0 spiro atoms. The zero-order valence-corrected chi connectivity index (χ0v) is 14.8. The van der Waals surface area contributed by atoms with E-state index in [2.05, 4.69) is 50.5 Å². The van der Waals surface area contributed by atoms with Crippen LogP contribution in [-0.2, 0) is 0 Å². The molecule has 0 bridgehead atoms. The topological polar surface area (TPSA) is 128 Å². The number of hydrogen-bond acceptors (Lipinski definition) is 8. The molecule has 8 nitrogen and oxygen atoms in total. The molecule has 0 fully saturated rings. The van der Waals surface area contributed by atoms with Gasteiger partial charge in [-0.2, -0.15) is 9.97 Å². The molecule has 6 N–H and O–H groups in total. The van der Waals surface area contributed by atoms with Crippen LogP contribution in [0.4, 0.5) is 23.5 Å². The zero-order valence-electron chi connectivity index (χ0n) is 14.8. The summed E-state index contributed by atoms with van der Waals surface area (Å²) >= 11 is 0. The number of aromatic nitrogens is 4. The van der Waals surface area contributed by atoms with Gasteiger partial charge < -0.3 is 22.1 Å². The first kappa shape index (κ1) is 17.4. The highest BCUT2D eigenvalue weighted by molar-refractivity contribution is 5.68. The van der Waals surface area contributed by atoms with Gasteiger partial charge in [-0.25, -0.2) is 9.97 Å². The van der Waals surface area contributed by atoms with Gasteiger partial charge in [0, 0.05) is 30.9 Å². The van der Waals surface area contributed by atoms with Crippen LogP contribution in [-0.4, -0.2) is 33.0 Å². The molecule has 3 aromatic rings. The maximum absolute atomic E-state index is 5.89. The smallest absolute Gasteiger partial charge is 0.222 e. The molecule has 3 rings (SSSR count). The van der Waals surface area contributed by atoms with E-state index in [4.69, 9.17) is 11.5 Å². The fourth-order valence-electron chi connectivity index (χ4n) is 2.58. The van der Waals surface area contributed by atoms with Gasteiger partial charge >= 0.3 is 0 Å². The summed E-state index contributed by atoms with van der Waals surface area (Å²) in [6, 6.07) is 9.79. The number of nitrogens with zero attached hydrogens (tertiary/aromatic N) is 4. The summed E-state index contributed by atoms with van der Waals surface area (Å²) < 4.78 is 0. The number of nitrogens with two attached hydrogens (primary N) is 2. The molecule has 134 valence electrons. The largest absolute Gasteiger partial charge is 0.368 e. The number of aryl methyl sites for hydroxylation is 1. The number of anilines is 4. The lowest BCUT2D eigenvalue weighted by Crippen LogP contribution is -2.16. The van der Waals surface area contributed by atoms with Crippen molar-refractivity contribution in [2.45, 2.75) is 13.8 Å². The third kappa shape index (κ3) is 4.15. The van der Waals surface area contributed by atoms with E-state index in [-0.39, 0.29) is 11.9 Å². The van der Waals surface area contributed by atoms with Crippen LogP contribution in [0.2, 0.25) is 0 Å². The molecule has 2 aromatic heterocycles. The molecule has 0 saturated heterocycles. The Morgan fingerprint density at radius 1 is 0.885 bits per heavy atom. The average molecular weight is 350 g/mol. The fourth-order valence-corrected chi connectivity index (χ4v) is 2.58. The lowest BCUT2D eigenvalue weighted by molar-refractivity contribution is 1.03. The summed E-state index contributed by atoms with van der Waals surface area (Å²) in [6.45, 7) is 5.42. The third-order valence-electron chi connectivity index (χ3n) is 4.04. The van der Waals surface area contributed by atoms with E-state index >= 15 is 0 Å². The van der Waals surface area contributed by atoms with Crippen molar-refractivity contribution in [3.63, 3.8) is 0 Å². The summed E-state index contributed by atoms with van der Waals surface area (Å²) in [4.78, 5) is 16.6. The molecule has 8 heteroatoms. The Morgan fingerprint density at radius 3 is 2.38 bits per heavy atom. The van der Waals surface area contributed by atoms with Gasteiger partial charge in [-0.05, 0) is 31.0 Å². The molecule has 0 aliphatic carbocycles. The second-order valence-electron chi connectivity index (χ2n) is 5.90. The predicted octanol–water partition coefficient (Wildman–Crippen LogP) is 2.24. The normalized spacial score (nSPS) is 10.5. The second kappa shape index (κ2) is 7.64. The first-order valence-electron chi connectivity index (χ1n) is 8.30. The lowest BCUT2D eigenvalue weighted by atomic mass is 10.0. The van der Waals surface area contributed by atoms with Crippen molar-refractivity contribution in [2.24, 2.45) is 0 Å². The Hall–Kier alpha value is -3.42. The van der Waals surface area contributed by atoms with Gasteiger partial charge in [0.2, 0.25) is 11.9 Å². The second-order valence-corrected chi connectivity index (χ2v) is 5.90. The Balaban J connectivity index is 1.67. The molecule has 2 heterocycles. The molecule has 0 aliphatic heterocycles. The van der Waals surface area contributed by atoms with Crippen molar-refractivity contribution < 1.29 is 0 Å². The van der Waals surface area contributed by atoms with E-state index < -0.39 is 0 Å². The summed E-state index contributed by atoms with van der Waals surface area (Å²) in [5.74, 6) is 1.84. The molecule has 0 aliphatic rings. The van der Waals surface area contributed by atoms with E-state index in [0.717, 1.165) is 11.3 Å². The first-order valence-corrected chi connectivity index (χ1v) is 8.30. The van der Waals surface area contributed by atoms with Crippen LogP contribution < -0.4 is 22.1 Å². The summed E-state index contributed by atoms with van der Waals surface area (Å²) in [5, 5.41) is 6.41. The lowest BCUT2D eigenvalue weighted by Gasteiger charge is -2.12. The van der Waals surface area contributed by atoms with Crippen molar-refractivity contribution in [3.05, 3.63) is 47.7 Å². The summed E-state index contributed by atoms with van der Waals surface area (Å²) in [6.07, 6.45) is 1.61. The summed E-state index contributed by atoms with van der Waals surface area (Å²) in [7, 11) is 0. The van der Waals surface area contributed by atoms with Crippen LogP contribution in [0.25, 0.3) is 11.3 Å². The molecule has 0 radical (unpaired) electrons. The number of rotatable bonds is 6. The van der Waals surface area contributed by atoms with Crippen LogP contribution in [0, 0.1) is 13.8 Å². The Kier molecular flexibility index (Phi) is 5.12. The molecule has 0 unspecified atom stereocenters. The van der Waals surface area contributed by atoms with Gasteiger partial charge in [0.15, 0.2) is 0 Å². The standard InChI is InChI=1S/C18H22N8/c1-11-4-3-5-13(12(11)2)14-10-16(26-18(20)24-14)22-9-8-21-15-6-7-23-17(19)25-15/h3-7,10H,8-9H2,1-2H3,(H3,19,21,23,25)(H3,20,22,24,26). The third-order valence-corrected chi connectivity index (χ3v) is 4.04. The summed E-state index contributed by atoms with van der Waals surface area (Å²) in [5.41, 5.74) is 15.7.